The van der Waals surface area contributed by atoms with Crippen LogP contribution in [0.15, 0.2) is 0 Å². The molecule has 0 aromatic rings. The largest absolute Gasteiger partial charge is 0.317 e. The molecule has 5 atom stereocenters. The molecule has 1 heteroatoms. The molecule has 1 nitrogen and oxygen atoms in total. The zero-order chi connectivity index (χ0) is 10.3. The second-order valence-corrected chi connectivity index (χ2v) is 6.34. The van der Waals surface area contributed by atoms with Gasteiger partial charge in [0, 0.05) is 6.04 Å². The van der Waals surface area contributed by atoms with Crippen molar-refractivity contribution in [3.05, 3.63) is 0 Å². The van der Waals surface area contributed by atoms with E-state index in [1.54, 1.807) is 32.1 Å². The molecule has 0 amide bonds. The molecule has 0 aliphatic heterocycles. The highest BCUT2D eigenvalue weighted by atomic mass is 14.9. The lowest BCUT2D eigenvalue weighted by Crippen LogP contribution is -2.22. The Labute approximate surface area is 94.0 Å². The zero-order valence-corrected chi connectivity index (χ0v) is 10.0. The van der Waals surface area contributed by atoms with Crippen LogP contribution in [-0.2, 0) is 0 Å². The molecule has 1 N–H and O–H groups in total. The van der Waals surface area contributed by atoms with E-state index in [2.05, 4.69) is 12.4 Å². The molecular weight excluding hydrogens is 182 g/mol. The summed E-state index contributed by atoms with van der Waals surface area (Å²) in [6.07, 6.45) is 12.3. The maximum Gasteiger partial charge on any atom is 0.00668 e. The Hall–Kier alpha value is -0.0400. The summed E-state index contributed by atoms with van der Waals surface area (Å²) in [5.74, 6) is 4.47. The molecule has 0 heterocycles. The van der Waals surface area contributed by atoms with Crippen LogP contribution in [0.1, 0.15) is 51.4 Å². The normalized spacial score (nSPS) is 49.0. The van der Waals surface area contributed by atoms with E-state index in [1.807, 2.05) is 0 Å². The second kappa shape index (κ2) is 4.08. The van der Waals surface area contributed by atoms with Crippen LogP contribution in [0.25, 0.3) is 0 Å². The van der Waals surface area contributed by atoms with Crippen molar-refractivity contribution < 1.29 is 0 Å². The van der Waals surface area contributed by atoms with Crippen LogP contribution in [0.2, 0.25) is 0 Å². The van der Waals surface area contributed by atoms with E-state index in [1.165, 1.54) is 19.3 Å². The van der Waals surface area contributed by atoms with E-state index in [0.29, 0.717) is 0 Å². The fourth-order valence-electron chi connectivity index (χ4n) is 4.64. The van der Waals surface area contributed by atoms with Gasteiger partial charge in [0.1, 0.15) is 0 Å². The summed E-state index contributed by atoms with van der Waals surface area (Å²) in [7, 11) is 2.13. The van der Waals surface area contributed by atoms with E-state index in [0.717, 1.165) is 29.7 Å². The molecule has 15 heavy (non-hydrogen) atoms. The molecule has 2 bridgehead atoms. The first-order valence-electron chi connectivity index (χ1n) is 7.02. The Morgan fingerprint density at radius 3 is 2.53 bits per heavy atom. The SMILES string of the molecule is CNC1CCC(CC2CC3CCC2C3)C1. The number of hydrogen-bond donors (Lipinski definition) is 1. The molecule has 0 radical (unpaired) electrons. The van der Waals surface area contributed by atoms with Crippen LogP contribution in [-0.4, -0.2) is 13.1 Å². The van der Waals surface area contributed by atoms with Gasteiger partial charge in [-0.2, -0.15) is 0 Å². The van der Waals surface area contributed by atoms with Gasteiger partial charge in [-0.25, -0.2) is 0 Å². The number of nitrogens with one attached hydrogen (secondary N) is 1. The van der Waals surface area contributed by atoms with Crippen molar-refractivity contribution in [1.29, 1.82) is 0 Å². The molecule has 86 valence electrons. The number of hydrogen-bond acceptors (Lipinski definition) is 1. The van der Waals surface area contributed by atoms with Crippen LogP contribution < -0.4 is 5.32 Å². The Morgan fingerprint density at radius 1 is 1.00 bits per heavy atom. The van der Waals surface area contributed by atoms with Crippen LogP contribution >= 0.6 is 0 Å². The molecular formula is C14H25N. The number of rotatable bonds is 3. The van der Waals surface area contributed by atoms with Crippen LogP contribution in [0.5, 0.6) is 0 Å². The summed E-state index contributed by atoms with van der Waals surface area (Å²) in [6, 6.07) is 0.841. The van der Waals surface area contributed by atoms with Gasteiger partial charge < -0.3 is 5.32 Å². The lowest BCUT2D eigenvalue weighted by molar-refractivity contribution is 0.267. The molecule has 3 aliphatic carbocycles. The molecule has 3 aliphatic rings. The molecule has 3 saturated carbocycles. The smallest absolute Gasteiger partial charge is 0.00668 e. The second-order valence-electron chi connectivity index (χ2n) is 6.34. The molecule has 0 spiro atoms. The van der Waals surface area contributed by atoms with Crippen LogP contribution in [0, 0.1) is 23.7 Å². The van der Waals surface area contributed by atoms with Crippen molar-refractivity contribution in [2.75, 3.05) is 7.05 Å². The van der Waals surface area contributed by atoms with Crippen molar-refractivity contribution in [2.45, 2.75) is 57.4 Å². The third-order valence-electron chi connectivity index (χ3n) is 5.47. The summed E-state index contributed by atoms with van der Waals surface area (Å²) in [6.45, 7) is 0. The highest BCUT2D eigenvalue weighted by Crippen LogP contribution is 2.51. The van der Waals surface area contributed by atoms with Gasteiger partial charge in [-0.15, -0.1) is 0 Å². The maximum atomic E-state index is 3.45. The van der Waals surface area contributed by atoms with E-state index in [9.17, 15) is 0 Å². The minimum Gasteiger partial charge on any atom is -0.317 e. The predicted molar refractivity (Wildman–Crippen MR) is 63.7 cm³/mol. The van der Waals surface area contributed by atoms with Crippen LogP contribution in [0.4, 0.5) is 0 Å². The molecule has 0 aromatic heterocycles. The summed E-state index contributed by atoms with van der Waals surface area (Å²) < 4.78 is 0. The first kappa shape index (κ1) is 10.1. The van der Waals surface area contributed by atoms with Gasteiger partial charge in [0.05, 0.1) is 0 Å². The Morgan fingerprint density at radius 2 is 1.93 bits per heavy atom. The minimum absolute atomic E-state index is 0.841. The zero-order valence-electron chi connectivity index (χ0n) is 10.0. The van der Waals surface area contributed by atoms with Gasteiger partial charge in [-0.3, -0.25) is 0 Å². The highest BCUT2D eigenvalue weighted by Gasteiger charge is 2.40. The lowest BCUT2D eigenvalue weighted by Gasteiger charge is -2.24. The number of fused-ring (bicyclic) bond motifs is 2. The fraction of sp³-hybridized carbons (Fsp3) is 1.00. The average Bonchev–Trinajstić information content (AvgIpc) is 2.92. The Kier molecular flexibility index (Phi) is 2.76. The quantitative estimate of drug-likeness (QED) is 0.749. The molecule has 5 unspecified atom stereocenters. The summed E-state index contributed by atoms with van der Waals surface area (Å²) in [5, 5.41) is 3.45. The van der Waals surface area contributed by atoms with Crippen molar-refractivity contribution in [2.24, 2.45) is 23.7 Å². The lowest BCUT2D eigenvalue weighted by atomic mass is 9.81. The molecule has 3 fully saturated rings. The summed E-state index contributed by atoms with van der Waals surface area (Å²) in [4.78, 5) is 0. The molecule has 3 rings (SSSR count). The molecule has 0 aromatic carbocycles. The van der Waals surface area contributed by atoms with Gasteiger partial charge in [-0.05, 0) is 75.7 Å². The van der Waals surface area contributed by atoms with Gasteiger partial charge in [0.2, 0.25) is 0 Å². The summed E-state index contributed by atoms with van der Waals surface area (Å²) in [5.41, 5.74) is 0. The molecule has 0 saturated heterocycles. The average molecular weight is 207 g/mol. The van der Waals surface area contributed by atoms with E-state index in [-0.39, 0.29) is 0 Å². The van der Waals surface area contributed by atoms with E-state index >= 15 is 0 Å². The third kappa shape index (κ3) is 1.95. The van der Waals surface area contributed by atoms with E-state index in [4.69, 9.17) is 0 Å². The fourth-order valence-corrected chi connectivity index (χ4v) is 4.64. The van der Waals surface area contributed by atoms with Crippen molar-refractivity contribution in [3.8, 4) is 0 Å². The minimum atomic E-state index is 0.841. The third-order valence-corrected chi connectivity index (χ3v) is 5.47. The first-order valence-corrected chi connectivity index (χ1v) is 7.02. The van der Waals surface area contributed by atoms with Gasteiger partial charge >= 0.3 is 0 Å². The van der Waals surface area contributed by atoms with Crippen LogP contribution in [0.3, 0.4) is 0 Å². The van der Waals surface area contributed by atoms with Crippen molar-refractivity contribution >= 4 is 0 Å². The van der Waals surface area contributed by atoms with Crippen molar-refractivity contribution in [3.63, 3.8) is 0 Å². The van der Waals surface area contributed by atoms with Gasteiger partial charge in [-0.1, -0.05) is 6.42 Å². The maximum absolute atomic E-state index is 3.45. The first-order chi connectivity index (χ1) is 7.35. The topological polar surface area (TPSA) is 12.0 Å². The van der Waals surface area contributed by atoms with E-state index < -0.39 is 0 Å². The Balaban J connectivity index is 1.50. The van der Waals surface area contributed by atoms with Crippen molar-refractivity contribution in [1.82, 2.24) is 5.32 Å². The van der Waals surface area contributed by atoms with Gasteiger partial charge in [0.15, 0.2) is 0 Å². The standard InChI is InChI=1S/C14H25N/c1-15-14-5-3-11(9-14)8-13-7-10-2-4-12(13)6-10/h10-15H,2-9H2,1H3. The summed E-state index contributed by atoms with van der Waals surface area (Å²) >= 11 is 0. The Bertz CT molecular complexity index is 225. The van der Waals surface area contributed by atoms with Gasteiger partial charge in [0.25, 0.3) is 0 Å². The predicted octanol–water partition coefficient (Wildman–Crippen LogP) is 3.20. The highest BCUT2D eigenvalue weighted by molar-refractivity contribution is 4.92. The monoisotopic (exact) mass is 207 g/mol.